The molecule has 0 bridgehead atoms. The quantitative estimate of drug-likeness (QED) is 0.556. The van der Waals surface area contributed by atoms with Crippen molar-refractivity contribution in [3.8, 4) is 0 Å². The molecular formula is C8H9NO2S. The smallest absolute Gasteiger partial charge is 0.337 e. The molecule has 0 saturated carbocycles. The fraction of sp³-hybridized carbons (Fsp3) is 0.125. The first kappa shape index (κ1) is 9.09. The minimum Gasteiger partial charge on any atom is -0.465 e. The van der Waals surface area contributed by atoms with Crippen LogP contribution in [-0.2, 0) is 4.74 Å². The molecule has 0 saturated heterocycles. The van der Waals surface area contributed by atoms with Crippen LogP contribution in [0.4, 0.5) is 0 Å². The third kappa shape index (κ3) is 1.99. The largest absolute Gasteiger partial charge is 0.465 e. The predicted octanol–water partition coefficient (Wildman–Crippen LogP) is 1.44. The number of carbonyl (C=O) groups excluding carboxylic acids is 1. The maximum atomic E-state index is 11.0. The lowest BCUT2D eigenvalue weighted by molar-refractivity contribution is 0.0600. The van der Waals surface area contributed by atoms with E-state index in [1.807, 2.05) is 6.07 Å². The highest BCUT2D eigenvalue weighted by atomic mass is 32.2. The van der Waals surface area contributed by atoms with Crippen molar-refractivity contribution in [3.63, 3.8) is 0 Å². The Balaban J connectivity index is 2.93. The molecule has 0 atom stereocenters. The fourth-order valence-corrected chi connectivity index (χ4v) is 1.17. The van der Waals surface area contributed by atoms with Crippen LogP contribution >= 0.6 is 11.9 Å². The first-order valence-corrected chi connectivity index (χ1v) is 4.21. The lowest BCUT2D eigenvalue weighted by atomic mass is 10.2. The van der Waals surface area contributed by atoms with Gasteiger partial charge in [0.25, 0.3) is 0 Å². The topological polar surface area (TPSA) is 52.3 Å². The Morgan fingerprint density at radius 1 is 1.58 bits per heavy atom. The highest BCUT2D eigenvalue weighted by Crippen LogP contribution is 2.13. The van der Waals surface area contributed by atoms with Gasteiger partial charge in [-0.15, -0.1) is 0 Å². The van der Waals surface area contributed by atoms with Crippen molar-refractivity contribution in [1.29, 1.82) is 0 Å². The van der Waals surface area contributed by atoms with E-state index in [1.54, 1.807) is 18.2 Å². The Labute approximate surface area is 75.0 Å². The van der Waals surface area contributed by atoms with Crippen LogP contribution in [-0.4, -0.2) is 13.1 Å². The summed E-state index contributed by atoms with van der Waals surface area (Å²) in [6, 6.07) is 6.97. The van der Waals surface area contributed by atoms with E-state index in [0.717, 1.165) is 16.8 Å². The molecular weight excluding hydrogens is 174 g/mol. The van der Waals surface area contributed by atoms with Crippen LogP contribution in [0.15, 0.2) is 29.2 Å². The molecule has 0 unspecified atom stereocenters. The average Bonchev–Trinajstić information content (AvgIpc) is 2.17. The van der Waals surface area contributed by atoms with Crippen molar-refractivity contribution in [2.24, 2.45) is 5.14 Å². The Morgan fingerprint density at radius 2 is 2.33 bits per heavy atom. The first-order chi connectivity index (χ1) is 5.77. The van der Waals surface area contributed by atoms with Gasteiger partial charge in [0.2, 0.25) is 0 Å². The fourth-order valence-electron chi connectivity index (χ4n) is 0.814. The van der Waals surface area contributed by atoms with E-state index in [9.17, 15) is 4.79 Å². The minimum atomic E-state index is -0.342. The van der Waals surface area contributed by atoms with Gasteiger partial charge in [0, 0.05) is 4.90 Å². The summed E-state index contributed by atoms with van der Waals surface area (Å²) in [6.07, 6.45) is 0. The second-order valence-electron chi connectivity index (χ2n) is 2.14. The lowest BCUT2D eigenvalue weighted by Crippen LogP contribution is -2.00. The van der Waals surface area contributed by atoms with E-state index in [4.69, 9.17) is 5.14 Å². The molecule has 0 fully saturated rings. The van der Waals surface area contributed by atoms with Gasteiger partial charge in [0.15, 0.2) is 0 Å². The summed E-state index contributed by atoms with van der Waals surface area (Å²) in [5, 5.41) is 5.32. The van der Waals surface area contributed by atoms with Crippen molar-refractivity contribution in [2.75, 3.05) is 7.11 Å². The minimum absolute atomic E-state index is 0.342. The van der Waals surface area contributed by atoms with Crippen molar-refractivity contribution >= 4 is 17.9 Å². The van der Waals surface area contributed by atoms with Crippen LogP contribution in [0, 0.1) is 0 Å². The molecule has 0 spiro atoms. The molecule has 64 valence electrons. The summed E-state index contributed by atoms with van der Waals surface area (Å²) < 4.78 is 4.55. The number of carbonyl (C=O) groups is 1. The zero-order valence-corrected chi connectivity index (χ0v) is 7.43. The van der Waals surface area contributed by atoms with Gasteiger partial charge in [0.05, 0.1) is 12.7 Å². The summed E-state index contributed by atoms with van der Waals surface area (Å²) in [5.41, 5.74) is 0.521. The maximum absolute atomic E-state index is 11.0. The summed E-state index contributed by atoms with van der Waals surface area (Å²) in [6.45, 7) is 0. The van der Waals surface area contributed by atoms with E-state index < -0.39 is 0 Å². The van der Waals surface area contributed by atoms with E-state index in [1.165, 1.54) is 7.11 Å². The van der Waals surface area contributed by atoms with E-state index in [0.29, 0.717) is 5.56 Å². The van der Waals surface area contributed by atoms with E-state index in [2.05, 4.69) is 4.74 Å². The number of esters is 1. The van der Waals surface area contributed by atoms with Crippen molar-refractivity contribution in [3.05, 3.63) is 29.8 Å². The summed E-state index contributed by atoms with van der Waals surface area (Å²) >= 11 is 1.10. The first-order valence-electron chi connectivity index (χ1n) is 3.33. The van der Waals surface area contributed by atoms with Crippen molar-refractivity contribution < 1.29 is 9.53 Å². The highest BCUT2D eigenvalue weighted by molar-refractivity contribution is 7.97. The van der Waals surface area contributed by atoms with E-state index in [-0.39, 0.29) is 5.97 Å². The standard InChI is InChI=1S/C8H9NO2S/c1-11-8(10)6-3-2-4-7(5-6)12-9/h2-5H,9H2,1H3. The van der Waals surface area contributed by atoms with Gasteiger partial charge in [-0.25, -0.2) is 4.79 Å². The molecule has 3 nitrogen and oxygen atoms in total. The van der Waals surface area contributed by atoms with Gasteiger partial charge in [-0.2, -0.15) is 0 Å². The number of ether oxygens (including phenoxy) is 1. The van der Waals surface area contributed by atoms with Crippen LogP contribution in [0.1, 0.15) is 10.4 Å². The van der Waals surface area contributed by atoms with Gasteiger partial charge in [-0.05, 0) is 30.1 Å². The van der Waals surface area contributed by atoms with Gasteiger partial charge in [0.1, 0.15) is 0 Å². The maximum Gasteiger partial charge on any atom is 0.337 e. The van der Waals surface area contributed by atoms with Gasteiger partial charge in [-0.1, -0.05) is 6.07 Å². The lowest BCUT2D eigenvalue weighted by Gasteiger charge is -1.99. The molecule has 0 radical (unpaired) electrons. The summed E-state index contributed by atoms with van der Waals surface area (Å²) in [7, 11) is 1.35. The molecule has 0 amide bonds. The average molecular weight is 183 g/mol. The van der Waals surface area contributed by atoms with Crippen LogP contribution in [0.2, 0.25) is 0 Å². The zero-order valence-electron chi connectivity index (χ0n) is 6.61. The van der Waals surface area contributed by atoms with Crippen molar-refractivity contribution in [1.82, 2.24) is 0 Å². The summed E-state index contributed by atoms with van der Waals surface area (Å²) in [5.74, 6) is -0.342. The SMILES string of the molecule is COC(=O)c1cccc(SN)c1. The number of methoxy groups -OCH3 is 1. The Hall–Kier alpha value is -1.00. The Morgan fingerprint density at radius 3 is 2.92 bits per heavy atom. The number of nitrogens with two attached hydrogens (primary N) is 1. The monoisotopic (exact) mass is 183 g/mol. The normalized spacial score (nSPS) is 9.50. The number of rotatable bonds is 2. The molecule has 0 aliphatic heterocycles. The molecule has 12 heavy (non-hydrogen) atoms. The van der Waals surface area contributed by atoms with Crippen LogP contribution in [0.3, 0.4) is 0 Å². The molecule has 0 aliphatic rings. The molecule has 1 aromatic carbocycles. The number of benzene rings is 1. The van der Waals surface area contributed by atoms with E-state index >= 15 is 0 Å². The van der Waals surface area contributed by atoms with Crippen molar-refractivity contribution in [2.45, 2.75) is 4.90 Å². The van der Waals surface area contributed by atoms with Gasteiger partial charge >= 0.3 is 5.97 Å². The number of hydrogen-bond donors (Lipinski definition) is 1. The van der Waals surface area contributed by atoms with Crippen LogP contribution < -0.4 is 5.14 Å². The van der Waals surface area contributed by atoms with Crippen LogP contribution in [0.5, 0.6) is 0 Å². The molecule has 2 N–H and O–H groups in total. The Bertz CT molecular complexity index is 288. The predicted molar refractivity (Wildman–Crippen MR) is 47.8 cm³/mol. The zero-order chi connectivity index (χ0) is 8.97. The molecule has 0 aliphatic carbocycles. The summed E-state index contributed by atoms with van der Waals surface area (Å²) in [4.78, 5) is 11.9. The second-order valence-corrected chi connectivity index (χ2v) is 2.84. The van der Waals surface area contributed by atoms with Gasteiger partial charge in [-0.3, -0.25) is 5.14 Å². The Kier molecular flexibility index (Phi) is 3.13. The molecule has 1 rings (SSSR count). The third-order valence-electron chi connectivity index (χ3n) is 1.39. The van der Waals surface area contributed by atoms with Gasteiger partial charge < -0.3 is 4.74 Å². The molecule has 1 aromatic rings. The highest BCUT2D eigenvalue weighted by Gasteiger charge is 2.04. The molecule has 0 heterocycles. The van der Waals surface area contributed by atoms with Crippen LogP contribution in [0.25, 0.3) is 0 Å². The molecule has 0 aromatic heterocycles. The number of hydrogen-bond acceptors (Lipinski definition) is 4. The molecule has 4 heteroatoms. The second kappa shape index (κ2) is 4.13. The third-order valence-corrected chi connectivity index (χ3v) is 1.92.